The Bertz CT molecular complexity index is 1550. The Balaban J connectivity index is 1.51. The summed E-state index contributed by atoms with van der Waals surface area (Å²) < 4.78 is 14.5. The van der Waals surface area contributed by atoms with Crippen molar-refractivity contribution in [2.75, 3.05) is 14.2 Å². The minimum Gasteiger partial charge on any atom is -0.494 e. The molecule has 10 nitrogen and oxygen atoms in total. The minimum absolute atomic E-state index is 0.162. The Kier molecular flexibility index (Phi) is 7.30. The van der Waals surface area contributed by atoms with Crippen LogP contribution in [0.4, 0.5) is 0 Å². The number of benzene rings is 2. The van der Waals surface area contributed by atoms with Crippen molar-refractivity contribution in [3.63, 3.8) is 0 Å². The number of aromatic nitrogens is 7. The van der Waals surface area contributed by atoms with Crippen molar-refractivity contribution in [2.24, 2.45) is 0 Å². The highest BCUT2D eigenvalue weighted by Crippen LogP contribution is 2.32. The molecule has 0 saturated carbocycles. The van der Waals surface area contributed by atoms with Crippen molar-refractivity contribution >= 4 is 0 Å². The van der Waals surface area contributed by atoms with Crippen molar-refractivity contribution in [1.82, 2.24) is 34.7 Å². The van der Waals surface area contributed by atoms with Gasteiger partial charge in [-0.15, -0.1) is 10.2 Å². The van der Waals surface area contributed by atoms with E-state index in [4.69, 9.17) is 14.5 Å². The highest BCUT2D eigenvalue weighted by Gasteiger charge is 2.19. The van der Waals surface area contributed by atoms with E-state index >= 15 is 0 Å². The molecule has 1 N–H and O–H groups in total. The van der Waals surface area contributed by atoms with Crippen LogP contribution in [0, 0.1) is 0 Å². The zero-order chi connectivity index (χ0) is 26.5. The summed E-state index contributed by atoms with van der Waals surface area (Å²) in [6, 6.07) is 17.2. The summed E-state index contributed by atoms with van der Waals surface area (Å²) in [4.78, 5) is 18.4. The molecular formula is C28H29N7O3. The third-order valence-electron chi connectivity index (χ3n) is 6.45. The maximum atomic E-state index is 13.7. The fraction of sp³-hybridized carbons (Fsp3) is 0.250. The second kappa shape index (κ2) is 11.1. The summed E-state index contributed by atoms with van der Waals surface area (Å²) in [6.45, 7) is 2.53. The summed E-state index contributed by atoms with van der Waals surface area (Å²) in [6.07, 6.45) is 6.46. The fourth-order valence-electron chi connectivity index (χ4n) is 4.52. The summed E-state index contributed by atoms with van der Waals surface area (Å²) in [7, 11) is 3.17. The molecule has 5 aromatic rings. The molecule has 0 amide bonds. The quantitative estimate of drug-likeness (QED) is 0.298. The van der Waals surface area contributed by atoms with Gasteiger partial charge in [0.05, 0.1) is 26.5 Å². The number of imidazole rings is 1. The van der Waals surface area contributed by atoms with Gasteiger partial charge in [0.25, 0.3) is 0 Å². The number of H-pyrrole nitrogens is 1. The topological polar surface area (TPSA) is 113 Å². The van der Waals surface area contributed by atoms with Crippen LogP contribution in [0.1, 0.15) is 31.0 Å². The Labute approximate surface area is 219 Å². The van der Waals surface area contributed by atoms with E-state index in [1.165, 1.54) is 0 Å². The van der Waals surface area contributed by atoms with Gasteiger partial charge in [-0.05, 0) is 41.8 Å². The standard InChI is InChI=1S/C28H29N7O3/c1-4-5-9-20-18-35(26-24(37-2)12-8-13-25(26)38-3)28(36)34(20)17-19-14-15-23(29-16-19)21-10-6-7-11-22(21)27-30-32-33-31-27/h6-8,10-16,18H,4-5,9,17H2,1-3H3,(H,30,31,32,33). The smallest absolute Gasteiger partial charge is 0.333 e. The molecule has 2 aromatic carbocycles. The SMILES string of the molecule is CCCCc1cn(-c2c(OC)cccc2OC)c(=O)n1Cc1ccc(-c2ccccc2-c2nn[nH]n2)nc1. The molecule has 0 fully saturated rings. The molecule has 3 aromatic heterocycles. The summed E-state index contributed by atoms with van der Waals surface area (Å²) in [5.41, 5.74) is 4.80. The van der Waals surface area contributed by atoms with E-state index in [1.54, 1.807) is 29.6 Å². The number of aryl methyl sites for hydroxylation is 1. The molecule has 10 heteroatoms. The van der Waals surface area contributed by atoms with E-state index < -0.39 is 0 Å². The lowest BCUT2D eigenvalue weighted by Crippen LogP contribution is -2.25. The van der Waals surface area contributed by atoms with E-state index in [0.717, 1.165) is 47.3 Å². The number of hydrogen-bond donors (Lipinski definition) is 1. The average molecular weight is 512 g/mol. The highest BCUT2D eigenvalue weighted by molar-refractivity contribution is 5.78. The van der Waals surface area contributed by atoms with E-state index in [9.17, 15) is 4.79 Å². The molecule has 194 valence electrons. The van der Waals surface area contributed by atoms with E-state index in [1.807, 2.05) is 60.8 Å². The Morgan fingerprint density at radius 1 is 0.947 bits per heavy atom. The lowest BCUT2D eigenvalue weighted by Gasteiger charge is -2.12. The maximum absolute atomic E-state index is 13.7. The van der Waals surface area contributed by atoms with Crippen molar-refractivity contribution in [3.8, 4) is 39.8 Å². The first-order valence-electron chi connectivity index (χ1n) is 12.4. The molecule has 0 spiro atoms. The molecule has 0 aliphatic rings. The van der Waals surface area contributed by atoms with Gasteiger partial charge < -0.3 is 9.47 Å². The summed E-state index contributed by atoms with van der Waals surface area (Å²) >= 11 is 0. The molecule has 0 aliphatic heterocycles. The van der Waals surface area contributed by atoms with Gasteiger partial charge in [0.15, 0.2) is 0 Å². The van der Waals surface area contributed by atoms with Crippen LogP contribution in [0.3, 0.4) is 0 Å². The van der Waals surface area contributed by atoms with Gasteiger partial charge in [-0.2, -0.15) is 5.21 Å². The van der Waals surface area contributed by atoms with Crippen LogP contribution >= 0.6 is 0 Å². The van der Waals surface area contributed by atoms with Gasteiger partial charge >= 0.3 is 5.69 Å². The zero-order valence-electron chi connectivity index (χ0n) is 21.6. The number of rotatable bonds is 10. The molecule has 0 unspecified atom stereocenters. The number of hydrogen-bond acceptors (Lipinski definition) is 7. The van der Waals surface area contributed by atoms with Crippen LogP contribution in [0.5, 0.6) is 11.5 Å². The third kappa shape index (κ3) is 4.80. The normalized spacial score (nSPS) is 11.0. The zero-order valence-corrected chi connectivity index (χ0v) is 21.6. The first kappa shape index (κ1) is 24.9. The molecule has 0 atom stereocenters. The number of nitrogens with zero attached hydrogens (tertiary/aromatic N) is 6. The number of unbranched alkanes of at least 4 members (excludes halogenated alkanes) is 1. The van der Waals surface area contributed by atoms with Gasteiger partial charge in [-0.1, -0.05) is 49.7 Å². The second-order valence-electron chi connectivity index (χ2n) is 8.81. The van der Waals surface area contributed by atoms with Crippen LogP contribution < -0.4 is 15.2 Å². The van der Waals surface area contributed by atoms with Crippen molar-refractivity contribution < 1.29 is 9.47 Å². The van der Waals surface area contributed by atoms with E-state index in [0.29, 0.717) is 29.6 Å². The third-order valence-corrected chi connectivity index (χ3v) is 6.45. The van der Waals surface area contributed by atoms with E-state index in [-0.39, 0.29) is 5.69 Å². The number of ether oxygens (including phenoxy) is 2. The van der Waals surface area contributed by atoms with Crippen LogP contribution in [0.15, 0.2) is 71.8 Å². The maximum Gasteiger partial charge on any atom is 0.333 e. The Hall–Kier alpha value is -4.73. The molecule has 0 bridgehead atoms. The van der Waals surface area contributed by atoms with Crippen LogP contribution in [0.25, 0.3) is 28.3 Å². The van der Waals surface area contributed by atoms with Gasteiger partial charge in [0.2, 0.25) is 5.82 Å². The largest absolute Gasteiger partial charge is 0.494 e. The molecule has 3 heterocycles. The van der Waals surface area contributed by atoms with Gasteiger partial charge in [0, 0.05) is 29.2 Å². The predicted octanol–water partition coefficient (Wildman–Crippen LogP) is 4.29. The minimum atomic E-state index is -0.162. The van der Waals surface area contributed by atoms with Gasteiger partial charge in [-0.3, -0.25) is 14.1 Å². The first-order valence-corrected chi connectivity index (χ1v) is 12.4. The van der Waals surface area contributed by atoms with Gasteiger partial charge in [0.1, 0.15) is 17.2 Å². The van der Waals surface area contributed by atoms with Crippen LogP contribution in [-0.4, -0.2) is 49.0 Å². The fourth-order valence-corrected chi connectivity index (χ4v) is 4.52. The lowest BCUT2D eigenvalue weighted by atomic mass is 10.0. The number of nitrogens with one attached hydrogen (secondary N) is 1. The molecule has 0 saturated heterocycles. The first-order chi connectivity index (χ1) is 18.6. The Morgan fingerprint density at radius 2 is 1.71 bits per heavy atom. The molecule has 0 aliphatic carbocycles. The molecule has 38 heavy (non-hydrogen) atoms. The molecule has 5 rings (SSSR count). The lowest BCUT2D eigenvalue weighted by molar-refractivity contribution is 0.390. The summed E-state index contributed by atoms with van der Waals surface area (Å²) in [5, 5.41) is 14.4. The second-order valence-corrected chi connectivity index (χ2v) is 8.81. The molecular weight excluding hydrogens is 482 g/mol. The van der Waals surface area contributed by atoms with Crippen molar-refractivity contribution in [3.05, 3.63) is 88.7 Å². The monoisotopic (exact) mass is 511 g/mol. The van der Waals surface area contributed by atoms with E-state index in [2.05, 4.69) is 27.5 Å². The number of para-hydroxylation sites is 1. The van der Waals surface area contributed by atoms with Crippen LogP contribution in [-0.2, 0) is 13.0 Å². The summed E-state index contributed by atoms with van der Waals surface area (Å²) in [5.74, 6) is 1.64. The number of tetrazole rings is 1. The van der Waals surface area contributed by atoms with Crippen molar-refractivity contribution in [2.45, 2.75) is 32.7 Å². The Morgan fingerprint density at radius 3 is 2.34 bits per heavy atom. The van der Waals surface area contributed by atoms with Crippen molar-refractivity contribution in [1.29, 1.82) is 0 Å². The number of aromatic amines is 1. The number of methoxy groups -OCH3 is 2. The number of pyridine rings is 1. The average Bonchev–Trinajstić information content (AvgIpc) is 3.61. The highest BCUT2D eigenvalue weighted by atomic mass is 16.5. The van der Waals surface area contributed by atoms with Gasteiger partial charge in [-0.25, -0.2) is 4.79 Å². The van der Waals surface area contributed by atoms with Crippen LogP contribution in [0.2, 0.25) is 0 Å². The molecule has 0 radical (unpaired) electrons. The predicted molar refractivity (Wildman–Crippen MR) is 144 cm³/mol.